The van der Waals surface area contributed by atoms with Crippen molar-refractivity contribution in [2.45, 2.75) is 0 Å². The molecule has 1 N–H and O–H groups in total. The zero-order valence-electron chi connectivity index (χ0n) is 14.3. The molecule has 0 aliphatic carbocycles. The van der Waals surface area contributed by atoms with E-state index in [1.807, 2.05) is 36.4 Å². The van der Waals surface area contributed by atoms with Crippen molar-refractivity contribution in [1.29, 1.82) is 5.26 Å². The summed E-state index contributed by atoms with van der Waals surface area (Å²) in [7, 11) is 1.41. The quantitative estimate of drug-likeness (QED) is 0.745. The number of thiazole rings is 1. The van der Waals surface area contributed by atoms with Gasteiger partial charge in [-0.1, -0.05) is 30.3 Å². The third-order valence-electron chi connectivity index (χ3n) is 3.79. The van der Waals surface area contributed by atoms with Crippen LogP contribution in [0.4, 0.5) is 4.39 Å². The van der Waals surface area contributed by atoms with E-state index < -0.39 is 11.7 Å². The van der Waals surface area contributed by atoms with Gasteiger partial charge in [0.05, 0.1) is 10.2 Å². The van der Waals surface area contributed by atoms with Gasteiger partial charge in [-0.05, 0) is 35.9 Å². The molecule has 0 bridgehead atoms. The highest BCUT2D eigenvalue weighted by Gasteiger charge is 2.15. The molecule has 2 aromatic carbocycles. The second-order valence-corrected chi connectivity index (χ2v) is 6.54. The lowest BCUT2D eigenvalue weighted by molar-refractivity contribution is -0.115. The van der Waals surface area contributed by atoms with Crippen molar-refractivity contribution >= 4 is 28.9 Å². The van der Waals surface area contributed by atoms with Crippen LogP contribution in [0.15, 0.2) is 59.4 Å². The summed E-state index contributed by atoms with van der Waals surface area (Å²) in [5, 5.41) is 11.9. The van der Waals surface area contributed by atoms with Crippen LogP contribution in [0.25, 0.3) is 17.3 Å². The molecule has 3 aromatic rings. The number of aromatic nitrogens is 1. The highest BCUT2D eigenvalue weighted by Crippen LogP contribution is 2.06. The molecule has 0 fully saturated rings. The molecule has 0 atom stereocenters. The first kappa shape index (κ1) is 18.3. The first-order valence-electron chi connectivity index (χ1n) is 7.96. The van der Waals surface area contributed by atoms with Gasteiger partial charge in [0.1, 0.15) is 16.5 Å². The van der Waals surface area contributed by atoms with E-state index in [0.717, 1.165) is 16.9 Å². The van der Waals surface area contributed by atoms with Crippen LogP contribution in [0.2, 0.25) is 0 Å². The summed E-state index contributed by atoms with van der Waals surface area (Å²) in [6.07, 6.45) is 1.69. The fourth-order valence-corrected chi connectivity index (χ4v) is 3.60. The van der Waals surface area contributed by atoms with E-state index in [9.17, 15) is 19.2 Å². The maximum absolute atomic E-state index is 13.3. The lowest BCUT2D eigenvalue weighted by Gasteiger charge is -2.03. The zero-order chi connectivity index (χ0) is 19.4. The number of hydrogen-bond donors (Lipinski definition) is 1. The Hall–Kier alpha value is -3.50. The van der Waals surface area contributed by atoms with Crippen LogP contribution in [0.5, 0.6) is 0 Å². The topological polar surface area (TPSA) is 74.9 Å². The summed E-state index contributed by atoms with van der Waals surface area (Å²) in [6, 6.07) is 16.4. The Bertz CT molecular complexity index is 1200. The van der Waals surface area contributed by atoms with Gasteiger partial charge in [0.15, 0.2) is 5.57 Å². The molecular weight excluding hydrogens is 365 g/mol. The van der Waals surface area contributed by atoms with Crippen molar-refractivity contribution < 1.29 is 9.18 Å². The predicted octanol–water partition coefficient (Wildman–Crippen LogP) is 1.29. The van der Waals surface area contributed by atoms with Gasteiger partial charge in [-0.15, -0.1) is 11.3 Å². The number of nitriles is 1. The highest BCUT2D eigenvalue weighted by molar-refractivity contribution is 7.07. The standard InChI is InChI=1S/C20H14FN3O2S/c1-23-18(25)16(12-22)20-24(15-9-7-14(21)8-10-15)19(26)17(27-20)11-13-5-3-2-4-6-13/h2-11H,1H3,(H,23,25)/b17-11-,20-16+. The Kier molecular flexibility index (Phi) is 5.29. The number of nitrogens with zero attached hydrogens (tertiary/aromatic N) is 2. The Morgan fingerprint density at radius 2 is 1.85 bits per heavy atom. The predicted molar refractivity (Wildman–Crippen MR) is 102 cm³/mol. The summed E-state index contributed by atoms with van der Waals surface area (Å²) in [4.78, 5) is 25.1. The monoisotopic (exact) mass is 379 g/mol. The van der Waals surface area contributed by atoms with Crippen LogP contribution in [0.1, 0.15) is 5.56 Å². The average Bonchev–Trinajstić information content (AvgIpc) is 3.00. The number of halogens is 1. The molecule has 1 heterocycles. The molecule has 0 saturated heterocycles. The average molecular weight is 379 g/mol. The molecular formula is C20H14FN3O2S. The normalized spacial score (nSPS) is 12.4. The summed E-state index contributed by atoms with van der Waals surface area (Å²) in [6.45, 7) is 0. The molecule has 0 unspecified atom stereocenters. The molecule has 1 amide bonds. The van der Waals surface area contributed by atoms with Crippen molar-refractivity contribution in [3.8, 4) is 11.8 Å². The van der Waals surface area contributed by atoms with Crippen LogP contribution in [-0.4, -0.2) is 17.5 Å². The summed E-state index contributed by atoms with van der Waals surface area (Å²) < 4.78 is 15.1. The number of nitrogens with one attached hydrogen (secondary N) is 1. The highest BCUT2D eigenvalue weighted by atomic mass is 32.1. The molecule has 1 aromatic heterocycles. The molecule has 5 nitrogen and oxygen atoms in total. The van der Waals surface area contributed by atoms with E-state index in [4.69, 9.17) is 0 Å². The molecule has 7 heteroatoms. The van der Waals surface area contributed by atoms with Crippen molar-refractivity contribution in [2.75, 3.05) is 7.05 Å². The number of amides is 1. The molecule has 0 spiro atoms. The van der Waals surface area contributed by atoms with Crippen LogP contribution in [0.3, 0.4) is 0 Å². The molecule has 27 heavy (non-hydrogen) atoms. The Morgan fingerprint density at radius 3 is 2.44 bits per heavy atom. The lowest BCUT2D eigenvalue weighted by Crippen LogP contribution is -2.33. The zero-order valence-corrected chi connectivity index (χ0v) is 15.1. The fraction of sp³-hybridized carbons (Fsp3) is 0.0500. The number of hydrogen-bond acceptors (Lipinski definition) is 4. The van der Waals surface area contributed by atoms with Gasteiger partial charge < -0.3 is 5.32 Å². The largest absolute Gasteiger partial charge is 0.354 e. The van der Waals surface area contributed by atoms with Crippen LogP contribution in [0, 0.1) is 17.1 Å². The molecule has 0 aliphatic rings. The van der Waals surface area contributed by atoms with Gasteiger partial charge in [-0.3, -0.25) is 14.2 Å². The first-order chi connectivity index (χ1) is 13.0. The number of benzene rings is 2. The Morgan fingerprint density at radius 1 is 1.19 bits per heavy atom. The minimum Gasteiger partial charge on any atom is -0.354 e. The van der Waals surface area contributed by atoms with Gasteiger partial charge in [-0.25, -0.2) is 4.39 Å². The van der Waals surface area contributed by atoms with Crippen molar-refractivity contribution in [2.24, 2.45) is 0 Å². The van der Waals surface area contributed by atoms with E-state index >= 15 is 0 Å². The third-order valence-corrected chi connectivity index (χ3v) is 4.88. The second kappa shape index (κ2) is 7.81. The van der Waals surface area contributed by atoms with Gasteiger partial charge in [0, 0.05) is 7.05 Å². The van der Waals surface area contributed by atoms with Crippen LogP contribution < -0.4 is 20.1 Å². The van der Waals surface area contributed by atoms with Crippen LogP contribution in [-0.2, 0) is 4.79 Å². The minimum absolute atomic E-state index is 0.184. The smallest absolute Gasteiger partial charge is 0.273 e. The van der Waals surface area contributed by atoms with E-state index in [1.165, 1.54) is 35.9 Å². The number of rotatable bonds is 3. The SMILES string of the molecule is CNC(=O)/C(C#N)=c1/s/c(=C\c2ccccc2)c(=O)n1-c1ccc(F)cc1. The summed E-state index contributed by atoms with van der Waals surface area (Å²) in [5.74, 6) is -1.05. The molecule has 3 rings (SSSR count). The minimum atomic E-state index is -0.596. The summed E-state index contributed by atoms with van der Waals surface area (Å²) >= 11 is 1.04. The second-order valence-electron chi connectivity index (χ2n) is 5.51. The summed E-state index contributed by atoms with van der Waals surface area (Å²) in [5.41, 5.74) is 0.614. The van der Waals surface area contributed by atoms with Gasteiger partial charge in [0.25, 0.3) is 11.5 Å². The number of carbonyl (C=O) groups excluding carboxylic acids is 1. The first-order valence-corrected chi connectivity index (χ1v) is 8.78. The molecule has 0 aliphatic heterocycles. The van der Waals surface area contributed by atoms with Crippen molar-refractivity contribution in [1.82, 2.24) is 9.88 Å². The van der Waals surface area contributed by atoms with E-state index in [1.54, 1.807) is 6.08 Å². The maximum atomic E-state index is 13.3. The fourth-order valence-electron chi connectivity index (χ4n) is 2.50. The van der Waals surface area contributed by atoms with Gasteiger partial charge in [0.2, 0.25) is 0 Å². The Balaban J connectivity index is 2.41. The van der Waals surface area contributed by atoms with Crippen molar-refractivity contribution in [3.63, 3.8) is 0 Å². The third kappa shape index (κ3) is 3.71. The lowest BCUT2D eigenvalue weighted by atomic mass is 10.2. The van der Waals surface area contributed by atoms with E-state index in [2.05, 4.69) is 5.32 Å². The van der Waals surface area contributed by atoms with Gasteiger partial charge in [-0.2, -0.15) is 5.26 Å². The maximum Gasteiger partial charge on any atom is 0.273 e. The van der Waals surface area contributed by atoms with Crippen LogP contribution >= 0.6 is 11.3 Å². The molecule has 134 valence electrons. The number of carbonyl (C=O) groups is 1. The Labute approximate surface area is 157 Å². The van der Waals surface area contributed by atoms with E-state index in [-0.39, 0.29) is 15.8 Å². The van der Waals surface area contributed by atoms with Crippen molar-refractivity contribution in [3.05, 3.63) is 85.5 Å². The molecule has 0 saturated carbocycles. The van der Waals surface area contributed by atoms with E-state index in [0.29, 0.717) is 10.2 Å². The molecule has 0 radical (unpaired) electrons. The van der Waals surface area contributed by atoms with Gasteiger partial charge >= 0.3 is 0 Å².